The highest BCUT2D eigenvalue weighted by molar-refractivity contribution is 4.57. The lowest BCUT2D eigenvalue weighted by Crippen LogP contribution is -2.36. The molecule has 0 atom stereocenters. The van der Waals surface area contributed by atoms with Crippen LogP contribution in [0.5, 0.6) is 0 Å². The van der Waals surface area contributed by atoms with E-state index >= 15 is 0 Å². The molecule has 0 aliphatic heterocycles. The normalized spacial score (nSPS) is 10.8. The van der Waals surface area contributed by atoms with Crippen molar-refractivity contribution in [1.82, 2.24) is 9.90 Å². The van der Waals surface area contributed by atoms with Crippen LogP contribution in [0.3, 0.4) is 0 Å². The van der Waals surface area contributed by atoms with Gasteiger partial charge in [0.15, 0.2) is 12.4 Å². The highest BCUT2D eigenvalue weighted by Gasteiger charge is 2.04. The highest BCUT2D eigenvalue weighted by Crippen LogP contribution is 1.96. The van der Waals surface area contributed by atoms with Crippen molar-refractivity contribution in [3.05, 3.63) is 12.4 Å². The van der Waals surface area contributed by atoms with E-state index in [-0.39, 0.29) is 0 Å². The van der Waals surface area contributed by atoms with Crippen molar-refractivity contribution in [3.8, 4) is 0 Å². The minimum Gasteiger partial charge on any atom is -0.138 e. The summed E-state index contributed by atoms with van der Waals surface area (Å²) in [6.45, 7) is 6.59. The van der Waals surface area contributed by atoms with Gasteiger partial charge in [0, 0.05) is 0 Å². The summed E-state index contributed by atoms with van der Waals surface area (Å²) in [6.07, 6.45) is 11.8. The first-order chi connectivity index (χ1) is 7.36. The minimum absolute atomic E-state index is 1.06. The second-order valence-electron chi connectivity index (χ2n) is 4.13. The lowest BCUT2D eigenvalue weighted by Gasteiger charge is -1.94. The van der Waals surface area contributed by atoms with Gasteiger partial charge >= 0.3 is 0 Å². The van der Waals surface area contributed by atoms with Gasteiger partial charge in [0.05, 0.1) is 5.21 Å². The quantitative estimate of drug-likeness (QED) is 0.477. The van der Waals surface area contributed by atoms with Gasteiger partial charge in [-0.05, 0) is 25.7 Å². The molecule has 1 aromatic rings. The van der Waals surface area contributed by atoms with Gasteiger partial charge in [-0.25, -0.2) is 0 Å². The summed E-state index contributed by atoms with van der Waals surface area (Å²) in [4.78, 5) is 0. The molecule has 1 heterocycles. The molecule has 86 valence electrons. The van der Waals surface area contributed by atoms with Crippen molar-refractivity contribution in [2.75, 3.05) is 0 Å². The van der Waals surface area contributed by atoms with Gasteiger partial charge < -0.3 is 0 Å². The summed E-state index contributed by atoms with van der Waals surface area (Å²) in [5.74, 6) is 0. The van der Waals surface area contributed by atoms with Crippen LogP contribution in [0, 0.1) is 0 Å². The van der Waals surface area contributed by atoms with Crippen LogP contribution >= 0.6 is 0 Å². The molecule has 0 amide bonds. The largest absolute Gasteiger partial charge is 0.155 e. The first-order valence-corrected chi connectivity index (χ1v) is 6.30. The maximum atomic E-state index is 4.49. The second-order valence-corrected chi connectivity index (χ2v) is 4.13. The molecule has 1 aromatic heterocycles. The predicted molar refractivity (Wildman–Crippen MR) is 61.5 cm³/mol. The molecule has 0 aliphatic rings. The maximum absolute atomic E-state index is 4.49. The number of rotatable bonds is 8. The Morgan fingerprint density at radius 3 is 2.53 bits per heavy atom. The Balaban J connectivity index is 2.23. The molecule has 3 heteroatoms. The lowest BCUT2D eigenvalue weighted by molar-refractivity contribution is -0.755. The smallest absolute Gasteiger partial charge is 0.138 e. The van der Waals surface area contributed by atoms with E-state index in [4.69, 9.17) is 0 Å². The van der Waals surface area contributed by atoms with Gasteiger partial charge in [0.2, 0.25) is 0 Å². The molecule has 0 fully saturated rings. The fourth-order valence-corrected chi connectivity index (χ4v) is 1.65. The Morgan fingerprint density at radius 2 is 1.80 bits per heavy atom. The van der Waals surface area contributed by atoms with Crippen LogP contribution in [0.4, 0.5) is 0 Å². The van der Waals surface area contributed by atoms with Crippen LogP contribution in [-0.2, 0) is 13.1 Å². The summed E-state index contributed by atoms with van der Waals surface area (Å²) in [5, 5.41) is 4.49. The van der Waals surface area contributed by atoms with Crippen LogP contribution in [0.15, 0.2) is 12.4 Å². The highest BCUT2D eigenvalue weighted by atomic mass is 15.5. The molecule has 0 saturated heterocycles. The molecule has 3 nitrogen and oxygen atoms in total. The predicted octanol–water partition coefficient (Wildman–Crippen LogP) is 2.55. The summed E-state index contributed by atoms with van der Waals surface area (Å²) in [7, 11) is 0. The molecule has 0 N–H and O–H groups in total. The Bertz CT molecular complexity index is 231. The monoisotopic (exact) mass is 210 g/mol. The van der Waals surface area contributed by atoms with Crippen LogP contribution < -0.4 is 4.68 Å². The van der Waals surface area contributed by atoms with E-state index in [1.165, 1.54) is 38.5 Å². The third-order valence-corrected chi connectivity index (χ3v) is 2.62. The molecule has 0 unspecified atom stereocenters. The standard InChI is InChI=1S/C12H24N3/c1-3-5-7-9-14-11-12-15(13-14)10-8-6-4-2/h11-12H,3-10H2,1-2H3/q+1. The topological polar surface area (TPSA) is 21.7 Å². The lowest BCUT2D eigenvalue weighted by atomic mass is 10.2. The summed E-state index contributed by atoms with van der Waals surface area (Å²) >= 11 is 0. The Hall–Kier alpha value is -0.860. The van der Waals surface area contributed by atoms with Gasteiger partial charge in [-0.15, -0.1) is 9.36 Å². The fraction of sp³-hybridized carbons (Fsp3) is 0.833. The molecular formula is C12H24N3+. The zero-order valence-electron chi connectivity index (χ0n) is 10.2. The molecule has 0 radical (unpaired) electrons. The summed E-state index contributed by atoms with van der Waals surface area (Å²) in [5.41, 5.74) is 0. The van der Waals surface area contributed by atoms with Gasteiger partial charge in [-0.3, -0.25) is 0 Å². The third kappa shape index (κ3) is 4.96. The van der Waals surface area contributed by atoms with Crippen LogP contribution in [0.2, 0.25) is 0 Å². The molecule has 0 saturated carbocycles. The van der Waals surface area contributed by atoms with Crippen molar-refractivity contribution in [3.63, 3.8) is 0 Å². The molecule has 1 rings (SSSR count). The Morgan fingerprint density at radius 1 is 1.07 bits per heavy atom. The molecule has 0 aromatic carbocycles. The van der Waals surface area contributed by atoms with Gasteiger partial charge in [-0.2, -0.15) is 0 Å². The molecule has 0 spiro atoms. The van der Waals surface area contributed by atoms with E-state index in [0.29, 0.717) is 0 Å². The minimum atomic E-state index is 1.06. The van der Waals surface area contributed by atoms with Crippen LogP contribution in [0.25, 0.3) is 0 Å². The average Bonchev–Trinajstić information content (AvgIpc) is 2.67. The SMILES string of the molecule is CCCCCn1cc[n+](CCCCC)n1. The van der Waals surface area contributed by atoms with E-state index in [1.54, 1.807) is 0 Å². The second kappa shape index (κ2) is 7.43. The third-order valence-electron chi connectivity index (χ3n) is 2.62. The van der Waals surface area contributed by atoms with E-state index in [0.717, 1.165) is 13.1 Å². The van der Waals surface area contributed by atoms with E-state index < -0.39 is 0 Å². The van der Waals surface area contributed by atoms with E-state index in [9.17, 15) is 0 Å². The number of nitrogens with zero attached hydrogens (tertiary/aromatic N) is 3. The van der Waals surface area contributed by atoms with E-state index in [2.05, 4.69) is 40.8 Å². The zero-order chi connectivity index (χ0) is 10.9. The van der Waals surface area contributed by atoms with Crippen LogP contribution in [0.1, 0.15) is 52.4 Å². The number of aromatic nitrogens is 3. The molecule has 15 heavy (non-hydrogen) atoms. The molecule has 0 aliphatic carbocycles. The number of aryl methyl sites for hydroxylation is 2. The molecular weight excluding hydrogens is 186 g/mol. The summed E-state index contributed by atoms with van der Waals surface area (Å²) < 4.78 is 4.11. The van der Waals surface area contributed by atoms with Crippen molar-refractivity contribution >= 4 is 0 Å². The molecule has 0 bridgehead atoms. The first-order valence-electron chi connectivity index (χ1n) is 6.30. The van der Waals surface area contributed by atoms with E-state index in [1.807, 2.05) is 0 Å². The van der Waals surface area contributed by atoms with Crippen molar-refractivity contribution in [2.24, 2.45) is 0 Å². The van der Waals surface area contributed by atoms with Crippen LogP contribution in [-0.4, -0.2) is 9.90 Å². The Labute approximate surface area is 93.1 Å². The summed E-state index contributed by atoms with van der Waals surface area (Å²) in [6, 6.07) is 0. The first kappa shape index (κ1) is 12.2. The number of hydrogen-bond donors (Lipinski definition) is 0. The van der Waals surface area contributed by atoms with Gasteiger partial charge in [0.1, 0.15) is 13.1 Å². The Kier molecular flexibility index (Phi) is 6.05. The number of unbranched alkanes of at least 4 members (excludes halogenated alkanes) is 4. The average molecular weight is 210 g/mol. The van der Waals surface area contributed by atoms with Gasteiger partial charge in [-0.1, -0.05) is 26.7 Å². The zero-order valence-corrected chi connectivity index (χ0v) is 10.2. The van der Waals surface area contributed by atoms with Gasteiger partial charge in [0.25, 0.3) is 0 Å². The fourth-order valence-electron chi connectivity index (χ4n) is 1.65. The van der Waals surface area contributed by atoms with Crippen molar-refractivity contribution in [1.29, 1.82) is 0 Å². The van der Waals surface area contributed by atoms with Crippen molar-refractivity contribution < 1.29 is 4.68 Å². The van der Waals surface area contributed by atoms with Crippen molar-refractivity contribution in [2.45, 2.75) is 65.5 Å². The maximum Gasteiger partial charge on any atom is 0.155 e. The number of hydrogen-bond acceptors (Lipinski definition) is 1.